The maximum Gasteiger partial charge on any atom is 0.133 e. The number of phenols is 1. The molecule has 0 unspecified atom stereocenters. The van der Waals surface area contributed by atoms with Crippen molar-refractivity contribution in [2.75, 3.05) is 0 Å². The molecule has 0 heterocycles. The minimum atomic E-state index is 0.160. The quantitative estimate of drug-likeness (QED) is 0.252. The van der Waals surface area contributed by atoms with Gasteiger partial charge in [0.2, 0.25) is 0 Å². The summed E-state index contributed by atoms with van der Waals surface area (Å²) in [5.41, 5.74) is 3.89. The average molecular weight is 638 g/mol. The van der Waals surface area contributed by atoms with Gasteiger partial charge in [-0.1, -0.05) is 75.0 Å². The molecule has 0 aromatic heterocycles. The number of benzene rings is 1. The van der Waals surface area contributed by atoms with E-state index in [-0.39, 0.29) is 10.8 Å². The molecule has 0 radical (unpaired) electrons. The van der Waals surface area contributed by atoms with Gasteiger partial charge in [0.25, 0.3) is 0 Å². The molecule has 1 N–H and O–H groups in total. The van der Waals surface area contributed by atoms with Crippen molar-refractivity contribution in [2.24, 2.45) is 22.7 Å². The highest BCUT2D eigenvalue weighted by Gasteiger charge is 2.57. The fourth-order valence-corrected chi connectivity index (χ4v) is 8.48. The third-order valence-electron chi connectivity index (χ3n) is 8.24. The van der Waals surface area contributed by atoms with Gasteiger partial charge < -0.3 is 5.11 Å². The van der Waals surface area contributed by atoms with Gasteiger partial charge in [-0.2, -0.15) is 0 Å². The molecule has 1 aromatic rings. The highest BCUT2D eigenvalue weighted by molar-refractivity contribution is 9.11. The fourth-order valence-electron chi connectivity index (χ4n) is 6.29. The summed E-state index contributed by atoms with van der Waals surface area (Å²) in [6, 6.07) is 3.96. The van der Waals surface area contributed by atoms with Gasteiger partial charge in [0, 0.05) is 14.3 Å². The zero-order chi connectivity index (χ0) is 23.1. The molecule has 0 aliphatic heterocycles. The lowest BCUT2D eigenvalue weighted by Crippen LogP contribution is -2.54. The van der Waals surface area contributed by atoms with E-state index >= 15 is 0 Å². The van der Waals surface area contributed by atoms with Crippen LogP contribution in [0.15, 0.2) is 43.8 Å². The summed E-state index contributed by atoms with van der Waals surface area (Å²) in [6.07, 6.45) is 7.46. The Labute approximate surface area is 218 Å². The van der Waals surface area contributed by atoms with Crippen LogP contribution in [-0.2, 0) is 6.42 Å². The van der Waals surface area contributed by atoms with Crippen molar-refractivity contribution < 1.29 is 5.11 Å². The summed E-state index contributed by atoms with van der Waals surface area (Å²) >= 11 is 17.8. The van der Waals surface area contributed by atoms with Crippen LogP contribution in [0.25, 0.3) is 0 Å². The summed E-state index contributed by atoms with van der Waals surface area (Å²) in [7, 11) is 0. The van der Waals surface area contributed by atoms with Crippen LogP contribution in [0.3, 0.4) is 0 Å². The molecule has 1 nitrogen and oxygen atoms in total. The van der Waals surface area contributed by atoms with E-state index in [1.165, 1.54) is 24.0 Å². The Kier molecular flexibility index (Phi) is 8.20. The summed E-state index contributed by atoms with van der Waals surface area (Å²) in [5.74, 6) is 1.30. The van der Waals surface area contributed by atoms with Gasteiger partial charge in [-0.15, -0.1) is 0 Å². The Morgan fingerprint density at radius 3 is 2.55 bits per heavy atom. The lowest BCUT2D eigenvalue weighted by atomic mass is 9.46. The molecule has 172 valence electrons. The molecule has 5 heteroatoms. The molecule has 2 aliphatic carbocycles. The van der Waals surface area contributed by atoms with Crippen molar-refractivity contribution in [1.82, 2.24) is 0 Å². The third-order valence-corrected chi connectivity index (χ3v) is 11.4. The van der Waals surface area contributed by atoms with E-state index in [0.29, 0.717) is 22.4 Å². The highest BCUT2D eigenvalue weighted by atomic mass is 79.9. The van der Waals surface area contributed by atoms with Crippen LogP contribution in [0.4, 0.5) is 0 Å². The van der Waals surface area contributed by atoms with Crippen LogP contribution in [0.1, 0.15) is 71.8 Å². The van der Waals surface area contributed by atoms with Crippen LogP contribution in [0.5, 0.6) is 5.75 Å². The molecule has 5 atom stereocenters. The summed E-state index contributed by atoms with van der Waals surface area (Å²) in [5, 5.41) is 11.7. The SMILES string of the molecule is C=C1CC[C@@H]2[C@@](C)(CCC(Cl)=C(C)C)[C@H](Br)CC[C@@]2(C)[C@@H]1Cc1cc(Br)cc(Br)c1O. The molecule has 0 spiro atoms. The monoisotopic (exact) mass is 634 g/mol. The van der Waals surface area contributed by atoms with Crippen LogP contribution in [-0.4, -0.2) is 9.93 Å². The number of alkyl halides is 1. The normalized spacial score (nSPS) is 33.2. The van der Waals surface area contributed by atoms with Crippen LogP contribution < -0.4 is 0 Å². The van der Waals surface area contributed by atoms with E-state index in [1.54, 1.807) is 0 Å². The number of hydrogen-bond acceptors (Lipinski definition) is 1. The maximum absolute atomic E-state index is 10.7. The molecule has 3 rings (SSSR count). The highest BCUT2D eigenvalue weighted by Crippen LogP contribution is 2.64. The molecule has 2 aliphatic rings. The topological polar surface area (TPSA) is 20.2 Å². The van der Waals surface area contributed by atoms with Crippen LogP contribution in [0, 0.1) is 22.7 Å². The first-order valence-corrected chi connectivity index (χ1v) is 14.1. The number of halogens is 4. The Morgan fingerprint density at radius 2 is 1.90 bits per heavy atom. The lowest BCUT2D eigenvalue weighted by Gasteiger charge is -2.61. The van der Waals surface area contributed by atoms with E-state index in [4.69, 9.17) is 11.6 Å². The van der Waals surface area contributed by atoms with Crippen molar-refractivity contribution in [3.05, 3.63) is 49.4 Å². The van der Waals surface area contributed by atoms with E-state index < -0.39 is 0 Å². The molecule has 0 bridgehead atoms. The second-order valence-electron chi connectivity index (χ2n) is 10.3. The number of allylic oxidation sites excluding steroid dienone is 3. The van der Waals surface area contributed by atoms with E-state index in [1.807, 2.05) is 6.07 Å². The second kappa shape index (κ2) is 9.84. The van der Waals surface area contributed by atoms with Gasteiger partial charge in [-0.3, -0.25) is 0 Å². The summed E-state index contributed by atoms with van der Waals surface area (Å²) < 4.78 is 1.73. The predicted octanol–water partition coefficient (Wildman–Crippen LogP) is 9.92. The predicted molar refractivity (Wildman–Crippen MR) is 144 cm³/mol. The zero-order valence-corrected chi connectivity index (χ0v) is 24.5. The average Bonchev–Trinajstić information content (AvgIpc) is 2.69. The number of rotatable bonds is 5. The fraction of sp³-hybridized carbons (Fsp3) is 0.615. The zero-order valence-electron chi connectivity index (χ0n) is 19.0. The smallest absolute Gasteiger partial charge is 0.133 e. The van der Waals surface area contributed by atoms with Gasteiger partial charge in [0.1, 0.15) is 5.75 Å². The number of fused-ring (bicyclic) bond motifs is 1. The molecule has 2 saturated carbocycles. The van der Waals surface area contributed by atoms with E-state index in [0.717, 1.165) is 51.6 Å². The Balaban J connectivity index is 1.95. The number of phenolic OH excluding ortho intramolecular Hbond substituents is 1. The molecule has 1 aromatic carbocycles. The van der Waals surface area contributed by atoms with Crippen molar-refractivity contribution in [2.45, 2.75) is 77.5 Å². The van der Waals surface area contributed by atoms with Gasteiger partial charge in [-0.05, 0) is 115 Å². The van der Waals surface area contributed by atoms with Crippen molar-refractivity contribution in [3.63, 3.8) is 0 Å². The Hall–Kier alpha value is 0.230. The minimum Gasteiger partial charge on any atom is -0.506 e. The Morgan fingerprint density at radius 1 is 1.23 bits per heavy atom. The third kappa shape index (κ3) is 5.03. The Bertz CT molecular complexity index is 891. The van der Waals surface area contributed by atoms with Gasteiger partial charge in [0.05, 0.1) is 4.47 Å². The first-order chi connectivity index (χ1) is 14.4. The first kappa shape index (κ1) is 25.8. The molecular formula is C26H34Br3ClO. The minimum absolute atomic E-state index is 0.160. The molecule has 0 saturated heterocycles. The van der Waals surface area contributed by atoms with Crippen molar-refractivity contribution in [3.8, 4) is 5.75 Å². The number of aromatic hydroxyl groups is 1. The lowest BCUT2D eigenvalue weighted by molar-refractivity contribution is -0.0589. The van der Waals surface area contributed by atoms with Gasteiger partial charge in [-0.25, -0.2) is 0 Å². The first-order valence-electron chi connectivity index (χ1n) is 11.2. The molecule has 0 amide bonds. The van der Waals surface area contributed by atoms with Crippen molar-refractivity contribution in [1.29, 1.82) is 0 Å². The molecule has 2 fully saturated rings. The summed E-state index contributed by atoms with van der Waals surface area (Å²) in [4.78, 5) is 0.500. The molecule has 31 heavy (non-hydrogen) atoms. The summed E-state index contributed by atoms with van der Waals surface area (Å²) in [6.45, 7) is 13.7. The number of hydrogen-bond donors (Lipinski definition) is 1. The second-order valence-corrected chi connectivity index (χ2v) is 13.7. The van der Waals surface area contributed by atoms with E-state index in [9.17, 15) is 5.11 Å². The van der Waals surface area contributed by atoms with Gasteiger partial charge >= 0.3 is 0 Å². The standard InChI is InChI=1S/C26H34Br3ClO/c1-15(2)21(30)8-10-26(5)22-7-6-16(3)19(25(22,4)11-9-23(26)29)13-17-12-18(27)14-20(28)24(17)31/h12,14,19,22-23,31H,3,6-11,13H2,1-2,4-5H3/t19-,22+,23-,25+,26-/m1/s1. The van der Waals surface area contributed by atoms with Crippen LogP contribution in [0.2, 0.25) is 0 Å². The maximum atomic E-state index is 10.7. The van der Waals surface area contributed by atoms with E-state index in [2.05, 4.69) is 88.1 Å². The van der Waals surface area contributed by atoms with Gasteiger partial charge in [0.15, 0.2) is 0 Å². The van der Waals surface area contributed by atoms with Crippen LogP contribution >= 0.6 is 59.4 Å². The van der Waals surface area contributed by atoms with Crippen molar-refractivity contribution >= 4 is 59.4 Å². The largest absolute Gasteiger partial charge is 0.506 e. The molecular weight excluding hydrogens is 603 g/mol.